The summed E-state index contributed by atoms with van der Waals surface area (Å²) in [6.07, 6.45) is 7.02. The molecule has 2 aromatic heterocycles. The van der Waals surface area contributed by atoms with Crippen LogP contribution in [0, 0.1) is 0 Å². The SMILES string of the molecule is O=C(CCc1ccncc1)N(Cc1ccsc1)C1CCNCC1. The molecule has 1 aliphatic heterocycles. The Morgan fingerprint density at radius 3 is 2.70 bits per heavy atom. The summed E-state index contributed by atoms with van der Waals surface area (Å²) in [6.45, 7) is 2.74. The molecule has 122 valence electrons. The Morgan fingerprint density at radius 2 is 2.00 bits per heavy atom. The number of rotatable bonds is 6. The van der Waals surface area contributed by atoms with Crippen LogP contribution in [-0.2, 0) is 17.8 Å². The topological polar surface area (TPSA) is 45.2 Å². The molecule has 23 heavy (non-hydrogen) atoms. The highest BCUT2D eigenvalue weighted by Gasteiger charge is 2.25. The molecule has 1 fully saturated rings. The number of carbonyl (C=O) groups is 1. The molecule has 0 spiro atoms. The van der Waals surface area contributed by atoms with Gasteiger partial charge in [0.05, 0.1) is 0 Å². The highest BCUT2D eigenvalue weighted by Crippen LogP contribution is 2.19. The van der Waals surface area contributed by atoms with Crippen molar-refractivity contribution in [3.8, 4) is 0 Å². The number of hydrogen-bond donors (Lipinski definition) is 1. The first kappa shape index (κ1) is 16.1. The van der Waals surface area contributed by atoms with Gasteiger partial charge in [0.15, 0.2) is 0 Å². The smallest absolute Gasteiger partial charge is 0.223 e. The van der Waals surface area contributed by atoms with E-state index in [2.05, 4.69) is 32.0 Å². The van der Waals surface area contributed by atoms with Crippen LogP contribution in [0.2, 0.25) is 0 Å². The van der Waals surface area contributed by atoms with Gasteiger partial charge < -0.3 is 10.2 Å². The highest BCUT2D eigenvalue weighted by molar-refractivity contribution is 7.07. The third-order valence-electron chi connectivity index (χ3n) is 4.38. The van der Waals surface area contributed by atoms with E-state index in [-0.39, 0.29) is 5.91 Å². The summed E-state index contributed by atoms with van der Waals surface area (Å²) in [4.78, 5) is 19.0. The normalized spacial score (nSPS) is 15.5. The van der Waals surface area contributed by atoms with Gasteiger partial charge in [-0.15, -0.1) is 0 Å². The first-order valence-electron chi connectivity index (χ1n) is 8.23. The minimum atomic E-state index is 0.264. The number of piperidine rings is 1. The predicted molar refractivity (Wildman–Crippen MR) is 93.3 cm³/mol. The standard InChI is InChI=1S/C18H23N3OS/c22-18(2-1-15-3-8-19-9-4-15)21(13-16-7-12-23-14-16)17-5-10-20-11-6-17/h3-4,7-9,12,14,17,20H,1-2,5-6,10-11,13H2. The van der Waals surface area contributed by atoms with E-state index in [1.807, 2.05) is 12.1 Å². The van der Waals surface area contributed by atoms with Gasteiger partial charge in [0.25, 0.3) is 0 Å². The fourth-order valence-corrected chi connectivity index (χ4v) is 3.72. The van der Waals surface area contributed by atoms with Crippen LogP contribution in [-0.4, -0.2) is 34.9 Å². The lowest BCUT2D eigenvalue weighted by Crippen LogP contribution is -2.45. The number of aryl methyl sites for hydroxylation is 1. The molecule has 3 rings (SSSR count). The number of nitrogens with one attached hydrogen (secondary N) is 1. The van der Waals surface area contributed by atoms with Crippen molar-refractivity contribution in [3.63, 3.8) is 0 Å². The van der Waals surface area contributed by atoms with E-state index in [9.17, 15) is 4.79 Å². The highest BCUT2D eigenvalue weighted by atomic mass is 32.1. The molecule has 0 radical (unpaired) electrons. The first-order valence-corrected chi connectivity index (χ1v) is 9.17. The van der Waals surface area contributed by atoms with Gasteiger partial charge in [0.1, 0.15) is 0 Å². The van der Waals surface area contributed by atoms with E-state index in [0.717, 1.165) is 38.9 Å². The van der Waals surface area contributed by atoms with Crippen molar-refractivity contribution in [3.05, 3.63) is 52.5 Å². The van der Waals surface area contributed by atoms with Gasteiger partial charge in [-0.3, -0.25) is 9.78 Å². The van der Waals surface area contributed by atoms with Crippen molar-refractivity contribution in [1.29, 1.82) is 0 Å². The fraction of sp³-hybridized carbons (Fsp3) is 0.444. The zero-order valence-electron chi connectivity index (χ0n) is 13.3. The van der Waals surface area contributed by atoms with Gasteiger partial charge in [-0.25, -0.2) is 0 Å². The molecule has 0 bridgehead atoms. The van der Waals surface area contributed by atoms with E-state index in [1.165, 1.54) is 11.1 Å². The van der Waals surface area contributed by atoms with Gasteiger partial charge in [-0.05, 0) is 72.4 Å². The number of amides is 1. The number of nitrogens with zero attached hydrogens (tertiary/aromatic N) is 2. The predicted octanol–water partition coefficient (Wildman–Crippen LogP) is 2.86. The molecular formula is C18H23N3OS. The second-order valence-electron chi connectivity index (χ2n) is 5.99. The van der Waals surface area contributed by atoms with E-state index >= 15 is 0 Å². The Kier molecular flexibility index (Phi) is 5.77. The van der Waals surface area contributed by atoms with Crippen LogP contribution in [0.5, 0.6) is 0 Å². The molecule has 0 unspecified atom stereocenters. The number of thiophene rings is 1. The maximum Gasteiger partial charge on any atom is 0.223 e. The van der Waals surface area contributed by atoms with E-state index < -0.39 is 0 Å². The van der Waals surface area contributed by atoms with Gasteiger partial charge in [0, 0.05) is 31.4 Å². The summed E-state index contributed by atoms with van der Waals surface area (Å²) in [5, 5.41) is 7.61. The van der Waals surface area contributed by atoms with Crippen LogP contribution in [0.15, 0.2) is 41.4 Å². The number of hydrogen-bond acceptors (Lipinski definition) is 4. The van der Waals surface area contributed by atoms with Crippen molar-refractivity contribution in [2.75, 3.05) is 13.1 Å². The van der Waals surface area contributed by atoms with E-state index in [4.69, 9.17) is 0 Å². The van der Waals surface area contributed by atoms with Crippen molar-refractivity contribution in [1.82, 2.24) is 15.2 Å². The average Bonchev–Trinajstić information content (AvgIpc) is 3.12. The van der Waals surface area contributed by atoms with Crippen molar-refractivity contribution < 1.29 is 4.79 Å². The molecule has 0 aliphatic carbocycles. The summed E-state index contributed by atoms with van der Waals surface area (Å²) < 4.78 is 0. The van der Waals surface area contributed by atoms with Crippen LogP contribution >= 0.6 is 11.3 Å². The number of aromatic nitrogens is 1. The third kappa shape index (κ3) is 4.62. The van der Waals surface area contributed by atoms with Crippen molar-refractivity contribution in [2.24, 2.45) is 0 Å². The summed E-state index contributed by atoms with van der Waals surface area (Å²) in [7, 11) is 0. The van der Waals surface area contributed by atoms with Gasteiger partial charge in [-0.2, -0.15) is 11.3 Å². The van der Waals surface area contributed by atoms with E-state index in [1.54, 1.807) is 23.7 Å². The molecule has 2 aromatic rings. The molecule has 1 N–H and O–H groups in total. The average molecular weight is 329 g/mol. The molecule has 1 amide bonds. The maximum atomic E-state index is 12.8. The molecule has 0 saturated carbocycles. The van der Waals surface area contributed by atoms with Gasteiger partial charge >= 0.3 is 0 Å². The van der Waals surface area contributed by atoms with Crippen molar-refractivity contribution >= 4 is 17.2 Å². The molecular weight excluding hydrogens is 306 g/mol. The Labute approximate surface area is 141 Å². The first-order chi connectivity index (χ1) is 11.3. The third-order valence-corrected chi connectivity index (χ3v) is 5.11. The molecule has 3 heterocycles. The Morgan fingerprint density at radius 1 is 1.22 bits per heavy atom. The minimum absolute atomic E-state index is 0.264. The quantitative estimate of drug-likeness (QED) is 0.886. The Bertz CT molecular complexity index is 594. The zero-order valence-corrected chi connectivity index (χ0v) is 14.1. The van der Waals surface area contributed by atoms with Crippen LogP contribution < -0.4 is 5.32 Å². The Balaban J connectivity index is 1.64. The molecule has 5 heteroatoms. The van der Waals surface area contributed by atoms with Crippen molar-refractivity contribution in [2.45, 2.75) is 38.3 Å². The van der Waals surface area contributed by atoms with Crippen LogP contribution in [0.3, 0.4) is 0 Å². The molecule has 0 atom stereocenters. The van der Waals surface area contributed by atoms with Crippen LogP contribution in [0.25, 0.3) is 0 Å². The minimum Gasteiger partial charge on any atom is -0.335 e. The summed E-state index contributed by atoms with van der Waals surface area (Å²) >= 11 is 1.69. The lowest BCUT2D eigenvalue weighted by atomic mass is 10.0. The van der Waals surface area contributed by atoms with E-state index in [0.29, 0.717) is 12.5 Å². The second kappa shape index (κ2) is 8.22. The lowest BCUT2D eigenvalue weighted by Gasteiger charge is -2.34. The zero-order chi connectivity index (χ0) is 15.9. The number of carbonyl (C=O) groups excluding carboxylic acids is 1. The van der Waals surface area contributed by atoms with Crippen LogP contribution in [0.4, 0.5) is 0 Å². The van der Waals surface area contributed by atoms with Gasteiger partial charge in [-0.1, -0.05) is 0 Å². The van der Waals surface area contributed by atoms with Gasteiger partial charge in [0.2, 0.25) is 5.91 Å². The largest absolute Gasteiger partial charge is 0.335 e. The monoisotopic (exact) mass is 329 g/mol. The summed E-state index contributed by atoms with van der Waals surface area (Å²) in [5.74, 6) is 0.264. The molecule has 4 nitrogen and oxygen atoms in total. The Hall–Kier alpha value is -1.72. The molecule has 1 aliphatic rings. The summed E-state index contributed by atoms with van der Waals surface area (Å²) in [5.41, 5.74) is 2.42. The molecule has 0 aromatic carbocycles. The lowest BCUT2D eigenvalue weighted by molar-refractivity contribution is -0.134. The second-order valence-corrected chi connectivity index (χ2v) is 6.77. The summed E-state index contributed by atoms with van der Waals surface area (Å²) in [6, 6.07) is 6.46. The maximum absolute atomic E-state index is 12.8. The fourth-order valence-electron chi connectivity index (χ4n) is 3.06. The number of pyridine rings is 1. The van der Waals surface area contributed by atoms with Crippen LogP contribution in [0.1, 0.15) is 30.4 Å². The molecule has 1 saturated heterocycles.